The smallest absolute Gasteiger partial charge is 0.231 e. The number of aldehydes is 1. The number of fused-ring (bicyclic) bond motifs is 2. The molecule has 2 aliphatic rings. The Labute approximate surface area is 177 Å². The third-order valence-electron chi connectivity index (χ3n) is 5.03. The summed E-state index contributed by atoms with van der Waals surface area (Å²) in [7, 11) is 3.67. The molecule has 150 valence electrons. The normalized spacial score (nSPS) is 17.1. The maximum absolute atomic E-state index is 11.2. The standard InChI is InChI=1S/C22H20BrNO5/c1-24-8-7-14-11-19-21(29-13-28-19)22(26-2)20(14)17(24)4-3-9-27-18-6-5-16(23)10-15(18)12-25/h5-6,10-12,17H,7-9,13H2,1-2H3. The van der Waals surface area contributed by atoms with E-state index in [-0.39, 0.29) is 19.4 Å². The summed E-state index contributed by atoms with van der Waals surface area (Å²) in [5.41, 5.74) is 2.64. The molecule has 0 amide bonds. The number of nitrogens with zero attached hydrogens (tertiary/aromatic N) is 1. The Kier molecular flexibility index (Phi) is 5.65. The lowest BCUT2D eigenvalue weighted by Crippen LogP contribution is -2.31. The summed E-state index contributed by atoms with van der Waals surface area (Å²) in [5.74, 6) is 8.92. The lowest BCUT2D eigenvalue weighted by molar-refractivity contribution is 0.112. The van der Waals surface area contributed by atoms with Gasteiger partial charge in [-0.05, 0) is 43.3 Å². The van der Waals surface area contributed by atoms with Crippen molar-refractivity contribution in [2.45, 2.75) is 12.5 Å². The molecule has 0 bridgehead atoms. The number of likely N-dealkylation sites (N-methyl/N-ethyl adjacent to an activating group) is 1. The molecule has 1 unspecified atom stereocenters. The van der Waals surface area contributed by atoms with E-state index in [1.807, 2.05) is 19.2 Å². The average molecular weight is 458 g/mol. The first-order valence-electron chi connectivity index (χ1n) is 9.18. The zero-order valence-corrected chi connectivity index (χ0v) is 17.7. The quantitative estimate of drug-likeness (QED) is 0.516. The van der Waals surface area contributed by atoms with Crippen molar-refractivity contribution >= 4 is 22.2 Å². The van der Waals surface area contributed by atoms with Gasteiger partial charge in [0.25, 0.3) is 0 Å². The first kappa shape index (κ1) is 19.6. The van der Waals surface area contributed by atoms with Crippen molar-refractivity contribution in [3.05, 3.63) is 45.4 Å². The van der Waals surface area contributed by atoms with Crippen molar-refractivity contribution in [1.29, 1.82) is 0 Å². The molecule has 2 aromatic carbocycles. The van der Waals surface area contributed by atoms with E-state index >= 15 is 0 Å². The Hall–Kier alpha value is -2.69. The predicted molar refractivity (Wildman–Crippen MR) is 111 cm³/mol. The molecular weight excluding hydrogens is 438 g/mol. The topological polar surface area (TPSA) is 57.2 Å². The van der Waals surface area contributed by atoms with Gasteiger partial charge >= 0.3 is 0 Å². The molecule has 2 aromatic rings. The number of methoxy groups -OCH3 is 1. The predicted octanol–water partition coefficient (Wildman–Crippen LogP) is 3.61. The minimum atomic E-state index is -0.151. The van der Waals surface area contributed by atoms with Crippen LogP contribution in [0.1, 0.15) is 27.5 Å². The molecule has 6 nitrogen and oxygen atoms in total. The maximum Gasteiger partial charge on any atom is 0.231 e. The van der Waals surface area contributed by atoms with Crippen molar-refractivity contribution in [2.24, 2.45) is 0 Å². The molecule has 2 aliphatic heterocycles. The van der Waals surface area contributed by atoms with Gasteiger partial charge in [0.1, 0.15) is 18.4 Å². The van der Waals surface area contributed by atoms with E-state index < -0.39 is 0 Å². The zero-order chi connectivity index (χ0) is 20.4. The van der Waals surface area contributed by atoms with Crippen LogP contribution in [0.15, 0.2) is 28.7 Å². The Bertz CT molecular complexity index is 1010. The highest BCUT2D eigenvalue weighted by atomic mass is 79.9. The molecule has 0 N–H and O–H groups in total. The number of ether oxygens (including phenoxy) is 4. The molecule has 0 saturated carbocycles. The lowest BCUT2D eigenvalue weighted by atomic mass is 9.91. The summed E-state index contributed by atoms with van der Waals surface area (Å²) in [4.78, 5) is 13.4. The van der Waals surface area contributed by atoms with E-state index in [1.54, 1.807) is 19.2 Å². The molecule has 7 heteroatoms. The van der Waals surface area contributed by atoms with Gasteiger partial charge in [-0.2, -0.15) is 0 Å². The number of rotatable bonds is 4. The van der Waals surface area contributed by atoms with Gasteiger partial charge in [0, 0.05) is 16.6 Å². The van der Waals surface area contributed by atoms with E-state index in [4.69, 9.17) is 18.9 Å². The third-order valence-corrected chi connectivity index (χ3v) is 5.53. The number of hydrogen-bond acceptors (Lipinski definition) is 6. The van der Waals surface area contributed by atoms with E-state index in [0.29, 0.717) is 22.8 Å². The largest absolute Gasteiger partial charge is 0.492 e. The number of halogens is 1. The molecule has 0 radical (unpaired) electrons. The van der Waals surface area contributed by atoms with Gasteiger partial charge in [0.05, 0.1) is 12.7 Å². The van der Waals surface area contributed by atoms with Crippen LogP contribution < -0.4 is 18.9 Å². The summed E-state index contributed by atoms with van der Waals surface area (Å²) >= 11 is 3.35. The highest BCUT2D eigenvalue weighted by Crippen LogP contribution is 2.49. The number of carbonyl (C=O) groups excluding carboxylic acids is 1. The molecule has 1 atom stereocenters. The zero-order valence-electron chi connectivity index (χ0n) is 16.2. The molecular formula is C22H20BrNO5. The van der Waals surface area contributed by atoms with E-state index in [2.05, 4.69) is 32.7 Å². The molecule has 2 heterocycles. The second kappa shape index (κ2) is 8.36. The number of hydrogen-bond donors (Lipinski definition) is 0. The van der Waals surface area contributed by atoms with Gasteiger partial charge in [-0.1, -0.05) is 27.8 Å². The molecule has 0 aromatic heterocycles. The van der Waals surface area contributed by atoms with Crippen molar-refractivity contribution < 1.29 is 23.7 Å². The summed E-state index contributed by atoms with van der Waals surface area (Å²) < 4.78 is 23.4. The first-order valence-corrected chi connectivity index (χ1v) is 9.97. The minimum absolute atomic E-state index is 0.151. The number of carbonyl (C=O) groups is 1. The number of benzene rings is 2. The maximum atomic E-state index is 11.2. The first-order chi connectivity index (χ1) is 14.1. The molecule has 0 spiro atoms. The summed E-state index contributed by atoms with van der Waals surface area (Å²) in [5, 5.41) is 0. The second-order valence-corrected chi connectivity index (χ2v) is 7.68. The summed E-state index contributed by atoms with van der Waals surface area (Å²) in [6.45, 7) is 1.24. The van der Waals surface area contributed by atoms with Gasteiger partial charge in [0.2, 0.25) is 12.5 Å². The van der Waals surface area contributed by atoms with E-state index in [9.17, 15) is 4.79 Å². The average Bonchev–Trinajstić information content (AvgIpc) is 3.19. The van der Waals surface area contributed by atoms with Crippen molar-refractivity contribution in [3.63, 3.8) is 0 Å². The third kappa shape index (κ3) is 3.78. The Balaban J connectivity index is 1.59. The van der Waals surface area contributed by atoms with Crippen molar-refractivity contribution in [1.82, 2.24) is 4.90 Å². The van der Waals surface area contributed by atoms with Gasteiger partial charge < -0.3 is 18.9 Å². The van der Waals surface area contributed by atoms with Crippen LogP contribution in [-0.2, 0) is 6.42 Å². The highest BCUT2D eigenvalue weighted by molar-refractivity contribution is 9.10. The summed E-state index contributed by atoms with van der Waals surface area (Å²) in [6.07, 6.45) is 1.65. The molecule has 29 heavy (non-hydrogen) atoms. The van der Waals surface area contributed by atoms with Crippen LogP contribution in [0.25, 0.3) is 0 Å². The van der Waals surface area contributed by atoms with E-state index in [0.717, 1.165) is 40.6 Å². The van der Waals surface area contributed by atoms with Gasteiger partial charge in [-0.25, -0.2) is 0 Å². The Morgan fingerprint density at radius 2 is 2.21 bits per heavy atom. The van der Waals surface area contributed by atoms with Gasteiger partial charge in [-0.3, -0.25) is 9.69 Å². The highest BCUT2D eigenvalue weighted by Gasteiger charge is 2.33. The van der Waals surface area contributed by atoms with Crippen LogP contribution in [-0.4, -0.2) is 45.3 Å². The molecule has 0 saturated heterocycles. The second-order valence-electron chi connectivity index (χ2n) is 6.76. The fourth-order valence-electron chi connectivity index (χ4n) is 3.61. The van der Waals surface area contributed by atoms with Crippen molar-refractivity contribution in [2.75, 3.05) is 34.1 Å². The monoisotopic (exact) mass is 457 g/mol. The van der Waals surface area contributed by atoms with Crippen LogP contribution in [0.5, 0.6) is 23.0 Å². The molecule has 0 fully saturated rings. The Morgan fingerprint density at radius 3 is 3.00 bits per heavy atom. The van der Waals surface area contributed by atoms with Crippen molar-refractivity contribution in [3.8, 4) is 34.8 Å². The van der Waals surface area contributed by atoms with Gasteiger partial charge in [-0.15, -0.1) is 0 Å². The van der Waals surface area contributed by atoms with Crippen LogP contribution in [0, 0.1) is 11.8 Å². The lowest BCUT2D eigenvalue weighted by Gasteiger charge is -2.32. The van der Waals surface area contributed by atoms with Crippen LogP contribution in [0.3, 0.4) is 0 Å². The van der Waals surface area contributed by atoms with Gasteiger partial charge in [0.15, 0.2) is 17.8 Å². The summed E-state index contributed by atoms with van der Waals surface area (Å²) in [6, 6.07) is 7.17. The Morgan fingerprint density at radius 1 is 1.34 bits per heavy atom. The minimum Gasteiger partial charge on any atom is -0.492 e. The fourth-order valence-corrected chi connectivity index (χ4v) is 3.99. The molecule has 4 rings (SSSR count). The molecule has 0 aliphatic carbocycles. The van der Waals surface area contributed by atoms with Crippen LogP contribution in [0.2, 0.25) is 0 Å². The van der Waals surface area contributed by atoms with Crippen LogP contribution >= 0.6 is 15.9 Å². The SMILES string of the molecule is COc1c2c(cc3c1C(C#CCOc1ccc(Br)cc1C=O)N(C)CC3)OCO2. The van der Waals surface area contributed by atoms with Crippen LogP contribution in [0.4, 0.5) is 0 Å². The fraction of sp³-hybridized carbons (Fsp3) is 0.318. The van der Waals surface area contributed by atoms with E-state index in [1.165, 1.54) is 0 Å².